The molecule has 6 heteroatoms. The molecule has 0 aliphatic carbocycles. The Labute approximate surface area is 129 Å². The van der Waals surface area contributed by atoms with Gasteiger partial charge in [0.05, 0.1) is 25.7 Å². The molecule has 2 rings (SSSR count). The third kappa shape index (κ3) is 2.67. The van der Waals surface area contributed by atoms with Crippen LogP contribution in [0.15, 0.2) is 30.3 Å². The van der Waals surface area contributed by atoms with Gasteiger partial charge in [0.25, 0.3) is 0 Å². The highest BCUT2D eigenvalue weighted by atomic mass is 35.5. The smallest absolute Gasteiger partial charge is 0.337 e. The van der Waals surface area contributed by atoms with Gasteiger partial charge in [-0.2, -0.15) is 0 Å². The van der Waals surface area contributed by atoms with Crippen molar-refractivity contribution in [3.8, 4) is 11.1 Å². The van der Waals surface area contributed by atoms with Gasteiger partial charge in [-0.1, -0.05) is 64.6 Å². The van der Waals surface area contributed by atoms with Crippen molar-refractivity contribution in [2.45, 2.75) is 0 Å². The molecule has 2 aromatic carbocycles. The van der Waals surface area contributed by atoms with E-state index in [0.29, 0.717) is 16.1 Å². The fourth-order valence-corrected chi connectivity index (χ4v) is 2.59. The molecule has 0 bridgehead atoms. The second-order valence-electron chi connectivity index (χ2n) is 3.69. The van der Waals surface area contributed by atoms with E-state index in [1.165, 1.54) is 6.07 Å². The second kappa shape index (κ2) is 5.59. The van der Waals surface area contributed by atoms with Crippen molar-refractivity contribution in [3.63, 3.8) is 0 Å². The van der Waals surface area contributed by atoms with Crippen LogP contribution in [-0.2, 0) is 0 Å². The number of carbonyl (C=O) groups is 1. The number of hydrogen-bond acceptors (Lipinski definition) is 1. The van der Waals surface area contributed by atoms with Crippen molar-refractivity contribution in [3.05, 3.63) is 56.0 Å². The summed E-state index contributed by atoms with van der Waals surface area (Å²) in [4.78, 5) is 11.3. The Morgan fingerprint density at radius 1 is 0.842 bits per heavy atom. The van der Waals surface area contributed by atoms with Gasteiger partial charge in [0.15, 0.2) is 0 Å². The van der Waals surface area contributed by atoms with Crippen LogP contribution in [0.3, 0.4) is 0 Å². The van der Waals surface area contributed by atoms with E-state index in [1.807, 2.05) is 0 Å². The molecule has 0 radical (unpaired) electrons. The molecule has 0 aromatic heterocycles. The molecule has 1 N–H and O–H groups in total. The molecule has 0 fully saturated rings. The maximum Gasteiger partial charge on any atom is 0.337 e. The SMILES string of the molecule is O=C(O)c1c(Cl)cccc1-c1ccc(Cl)c(Cl)c1Cl. The van der Waals surface area contributed by atoms with Gasteiger partial charge < -0.3 is 5.11 Å². The molecule has 0 saturated carbocycles. The van der Waals surface area contributed by atoms with E-state index in [9.17, 15) is 9.90 Å². The number of aromatic carboxylic acids is 1. The van der Waals surface area contributed by atoms with Crippen molar-refractivity contribution in [1.82, 2.24) is 0 Å². The van der Waals surface area contributed by atoms with Crippen LogP contribution in [0.25, 0.3) is 11.1 Å². The summed E-state index contributed by atoms with van der Waals surface area (Å²) in [6, 6.07) is 7.91. The van der Waals surface area contributed by atoms with Crippen molar-refractivity contribution in [2.75, 3.05) is 0 Å². The lowest BCUT2D eigenvalue weighted by Gasteiger charge is -2.11. The third-order valence-electron chi connectivity index (χ3n) is 2.55. The summed E-state index contributed by atoms with van der Waals surface area (Å²) in [5.41, 5.74) is 0.837. The van der Waals surface area contributed by atoms with E-state index in [1.54, 1.807) is 24.3 Å². The molecule has 0 saturated heterocycles. The number of rotatable bonds is 2. The Kier molecular flexibility index (Phi) is 4.26. The minimum Gasteiger partial charge on any atom is -0.478 e. The molecular formula is C13H6Cl4O2. The fraction of sp³-hybridized carbons (Fsp3) is 0. The third-order valence-corrected chi connectivity index (χ3v) is 4.16. The van der Waals surface area contributed by atoms with E-state index in [4.69, 9.17) is 46.4 Å². The van der Waals surface area contributed by atoms with Gasteiger partial charge >= 0.3 is 5.97 Å². The van der Waals surface area contributed by atoms with Crippen molar-refractivity contribution < 1.29 is 9.90 Å². The molecule has 0 atom stereocenters. The van der Waals surface area contributed by atoms with Gasteiger partial charge in [0.1, 0.15) is 0 Å². The molecule has 0 unspecified atom stereocenters. The maximum absolute atomic E-state index is 11.3. The minimum atomic E-state index is -1.14. The average Bonchev–Trinajstić information content (AvgIpc) is 2.35. The summed E-state index contributed by atoms with van der Waals surface area (Å²) in [5.74, 6) is -1.14. The monoisotopic (exact) mass is 334 g/mol. The predicted octanol–water partition coefficient (Wildman–Crippen LogP) is 5.67. The standard InChI is InChI=1S/C13H6Cl4O2/c14-8-3-1-2-6(10(8)13(18)19)7-4-5-9(15)12(17)11(7)16/h1-5H,(H,18,19). The predicted molar refractivity (Wildman–Crippen MR) is 78.9 cm³/mol. The summed E-state index contributed by atoms with van der Waals surface area (Å²) < 4.78 is 0. The molecule has 0 aliphatic rings. The molecule has 19 heavy (non-hydrogen) atoms. The van der Waals surface area contributed by atoms with Crippen LogP contribution in [0, 0.1) is 0 Å². The molecule has 0 spiro atoms. The van der Waals surface area contributed by atoms with Gasteiger partial charge in [0, 0.05) is 5.56 Å². The normalized spacial score (nSPS) is 10.5. The molecule has 98 valence electrons. The highest BCUT2D eigenvalue weighted by molar-refractivity contribution is 6.49. The lowest BCUT2D eigenvalue weighted by Crippen LogP contribution is -2.01. The summed E-state index contributed by atoms with van der Waals surface area (Å²) >= 11 is 23.8. The van der Waals surface area contributed by atoms with Crippen LogP contribution in [-0.4, -0.2) is 11.1 Å². The minimum absolute atomic E-state index is 0.0237. The lowest BCUT2D eigenvalue weighted by molar-refractivity contribution is 0.0698. The van der Waals surface area contributed by atoms with Crippen LogP contribution >= 0.6 is 46.4 Å². The zero-order valence-corrected chi connectivity index (χ0v) is 12.3. The van der Waals surface area contributed by atoms with Gasteiger partial charge in [-0.25, -0.2) is 4.79 Å². The van der Waals surface area contributed by atoms with E-state index >= 15 is 0 Å². The second-order valence-corrected chi connectivity index (χ2v) is 5.26. The lowest BCUT2D eigenvalue weighted by atomic mass is 9.99. The molecule has 0 amide bonds. The van der Waals surface area contributed by atoms with E-state index < -0.39 is 5.97 Å². The van der Waals surface area contributed by atoms with Crippen molar-refractivity contribution in [2.24, 2.45) is 0 Å². The van der Waals surface area contributed by atoms with E-state index in [0.717, 1.165) is 0 Å². The molecule has 2 aromatic rings. The zero-order valence-electron chi connectivity index (χ0n) is 9.25. The van der Waals surface area contributed by atoms with E-state index in [2.05, 4.69) is 0 Å². The Balaban J connectivity index is 2.77. The number of benzene rings is 2. The molecule has 0 aliphatic heterocycles. The Morgan fingerprint density at radius 2 is 1.53 bits per heavy atom. The summed E-state index contributed by atoms with van der Waals surface area (Å²) in [7, 11) is 0. The van der Waals surface area contributed by atoms with Crippen LogP contribution in [0.1, 0.15) is 10.4 Å². The number of halogens is 4. The largest absolute Gasteiger partial charge is 0.478 e. The van der Waals surface area contributed by atoms with Crippen LogP contribution in [0.4, 0.5) is 0 Å². The first-order chi connectivity index (χ1) is 8.93. The van der Waals surface area contributed by atoms with Gasteiger partial charge in [-0.05, 0) is 17.7 Å². The zero-order chi connectivity index (χ0) is 14.2. The molecular weight excluding hydrogens is 330 g/mol. The summed E-state index contributed by atoms with van der Waals surface area (Å²) in [6.07, 6.45) is 0. The molecule has 2 nitrogen and oxygen atoms in total. The first-order valence-corrected chi connectivity index (χ1v) is 6.60. The number of carboxylic acid groups (broad SMARTS) is 1. The van der Waals surface area contributed by atoms with Crippen LogP contribution in [0.2, 0.25) is 20.1 Å². The van der Waals surface area contributed by atoms with E-state index in [-0.39, 0.29) is 20.6 Å². The number of hydrogen-bond donors (Lipinski definition) is 1. The van der Waals surface area contributed by atoms with Gasteiger partial charge in [-0.3, -0.25) is 0 Å². The summed E-state index contributed by atoms with van der Waals surface area (Å²) in [5, 5.41) is 10.0. The summed E-state index contributed by atoms with van der Waals surface area (Å²) in [6.45, 7) is 0. The Bertz CT molecular complexity index is 668. The molecule has 0 heterocycles. The van der Waals surface area contributed by atoms with Gasteiger partial charge in [0.2, 0.25) is 0 Å². The topological polar surface area (TPSA) is 37.3 Å². The maximum atomic E-state index is 11.3. The number of carboxylic acids is 1. The van der Waals surface area contributed by atoms with Crippen LogP contribution in [0.5, 0.6) is 0 Å². The first kappa shape index (κ1) is 14.5. The quantitative estimate of drug-likeness (QED) is 0.718. The first-order valence-electron chi connectivity index (χ1n) is 5.09. The highest BCUT2D eigenvalue weighted by Gasteiger charge is 2.19. The Morgan fingerprint density at radius 3 is 2.16 bits per heavy atom. The Hall–Kier alpha value is -0.930. The van der Waals surface area contributed by atoms with Crippen molar-refractivity contribution in [1.29, 1.82) is 0 Å². The van der Waals surface area contributed by atoms with Crippen molar-refractivity contribution >= 4 is 52.4 Å². The fourth-order valence-electron chi connectivity index (χ4n) is 1.70. The highest BCUT2D eigenvalue weighted by Crippen LogP contribution is 2.40. The van der Waals surface area contributed by atoms with Crippen LogP contribution < -0.4 is 0 Å². The average molecular weight is 336 g/mol. The van der Waals surface area contributed by atoms with Gasteiger partial charge in [-0.15, -0.1) is 0 Å².